The van der Waals surface area contributed by atoms with Gasteiger partial charge in [0.2, 0.25) is 12.0 Å². The van der Waals surface area contributed by atoms with Gasteiger partial charge in [-0.25, -0.2) is 23.5 Å². The van der Waals surface area contributed by atoms with Gasteiger partial charge in [-0.3, -0.25) is 4.90 Å². The molecule has 2 saturated heterocycles. The summed E-state index contributed by atoms with van der Waals surface area (Å²) in [6, 6.07) is 14.6. The Bertz CT molecular complexity index is 1960. The van der Waals surface area contributed by atoms with Crippen molar-refractivity contribution in [3.8, 4) is 11.6 Å². The smallest absolute Gasteiger partial charge is 0.429 e. The predicted octanol–water partition coefficient (Wildman–Crippen LogP) is 6.11. The fourth-order valence-electron chi connectivity index (χ4n) is 6.61. The quantitative estimate of drug-likeness (QED) is 0.180. The van der Waals surface area contributed by atoms with Crippen LogP contribution in [0.25, 0.3) is 5.69 Å². The number of nitrogens with zero attached hydrogens (tertiary/aromatic N) is 6. The zero-order valence-corrected chi connectivity index (χ0v) is 29.3. The number of aliphatic carboxylic acids is 1. The largest absolute Gasteiger partial charge is 0.480 e. The molecule has 18 heteroatoms. The molecule has 3 atom stereocenters. The molecule has 1 amide bonds. The highest BCUT2D eigenvalue weighted by Crippen LogP contribution is 2.45. The maximum Gasteiger partial charge on any atom is 0.429 e. The Labute approximate surface area is 303 Å². The SMILES string of the molecule is Cc1ccn(-c2cc(Cl)ccc2[C@@H](Oc2cc(N3CCC4(CC3)CC(C(=O)O)N(C(=O)OCc3ccccc3)C4)nc(CS(=O)O)n2)C(F)(F)F)n1. The Hall–Kier alpha value is -4.74. The third-order valence-electron chi connectivity index (χ3n) is 9.15. The molecule has 2 aliphatic rings. The topological polar surface area (TPSA) is 160 Å². The maximum atomic E-state index is 14.7. The number of hydrogen-bond acceptors (Lipinski definition) is 9. The first-order valence-electron chi connectivity index (χ1n) is 16.2. The number of hydrogen-bond donors (Lipinski definition) is 2. The minimum absolute atomic E-state index is 0.0141. The van der Waals surface area contributed by atoms with Gasteiger partial charge in [0.25, 0.3) is 0 Å². The highest BCUT2D eigenvalue weighted by Gasteiger charge is 2.51. The molecule has 13 nitrogen and oxygen atoms in total. The van der Waals surface area contributed by atoms with E-state index in [-0.39, 0.29) is 47.5 Å². The van der Waals surface area contributed by atoms with Gasteiger partial charge < -0.3 is 24.0 Å². The Kier molecular flexibility index (Phi) is 10.7. The van der Waals surface area contributed by atoms with Gasteiger partial charge in [-0.1, -0.05) is 48.0 Å². The normalized spacial score (nSPS) is 18.3. The molecule has 0 radical (unpaired) electrons. The second-order valence-electron chi connectivity index (χ2n) is 12.8. The van der Waals surface area contributed by atoms with Crippen LogP contribution in [0.5, 0.6) is 5.88 Å². The number of anilines is 1. The predicted molar refractivity (Wildman–Crippen MR) is 182 cm³/mol. The summed E-state index contributed by atoms with van der Waals surface area (Å²) >= 11 is 3.74. The first-order valence-corrected chi connectivity index (χ1v) is 17.8. The number of aryl methyl sites for hydroxylation is 1. The number of carboxylic acids is 1. The van der Waals surface area contributed by atoms with Crippen LogP contribution in [-0.4, -0.2) is 82.4 Å². The fourth-order valence-corrected chi connectivity index (χ4v) is 7.13. The molecule has 2 aromatic heterocycles. The van der Waals surface area contributed by atoms with Gasteiger partial charge in [0.1, 0.15) is 30.0 Å². The van der Waals surface area contributed by atoms with Gasteiger partial charge in [0, 0.05) is 42.5 Å². The summed E-state index contributed by atoms with van der Waals surface area (Å²) in [6.07, 6.45) is -5.69. The number of carbonyl (C=O) groups is 2. The summed E-state index contributed by atoms with van der Waals surface area (Å²) in [5, 5.41) is 14.4. The summed E-state index contributed by atoms with van der Waals surface area (Å²) in [4.78, 5) is 36.7. The van der Waals surface area contributed by atoms with Crippen molar-refractivity contribution < 1.29 is 46.1 Å². The van der Waals surface area contributed by atoms with Crippen molar-refractivity contribution in [1.29, 1.82) is 0 Å². The first-order chi connectivity index (χ1) is 24.7. The highest BCUT2D eigenvalue weighted by molar-refractivity contribution is 7.78. The van der Waals surface area contributed by atoms with Crippen LogP contribution in [0.3, 0.4) is 0 Å². The first kappa shape index (κ1) is 37.0. The number of carbonyl (C=O) groups excluding carboxylic acids is 1. The van der Waals surface area contributed by atoms with Crippen molar-refractivity contribution in [2.75, 3.05) is 24.5 Å². The number of amides is 1. The molecular weight excluding hydrogens is 729 g/mol. The van der Waals surface area contributed by atoms with Crippen molar-refractivity contribution >= 4 is 40.6 Å². The minimum atomic E-state index is -4.94. The van der Waals surface area contributed by atoms with Crippen molar-refractivity contribution in [2.45, 2.75) is 56.9 Å². The number of aromatic nitrogens is 4. The summed E-state index contributed by atoms with van der Waals surface area (Å²) in [6.45, 7) is 2.40. The van der Waals surface area contributed by atoms with E-state index < -0.39 is 58.5 Å². The van der Waals surface area contributed by atoms with Gasteiger partial charge in [0.05, 0.1) is 11.4 Å². The van der Waals surface area contributed by atoms with Crippen LogP contribution in [0, 0.1) is 12.3 Å². The molecule has 0 bridgehead atoms. The molecule has 0 aliphatic carbocycles. The second kappa shape index (κ2) is 15.1. The summed E-state index contributed by atoms with van der Waals surface area (Å²) in [5.41, 5.74) is 0.487. The Balaban J connectivity index is 1.23. The van der Waals surface area contributed by atoms with Gasteiger partial charge in [-0.05, 0) is 55.4 Å². The maximum absolute atomic E-state index is 14.7. The van der Waals surface area contributed by atoms with Crippen molar-refractivity contribution in [3.63, 3.8) is 0 Å². The van der Waals surface area contributed by atoms with Crippen LogP contribution in [0.1, 0.15) is 48.0 Å². The Morgan fingerprint density at radius 3 is 2.46 bits per heavy atom. The number of likely N-dealkylation sites (tertiary alicyclic amines) is 1. The van der Waals surface area contributed by atoms with Gasteiger partial charge >= 0.3 is 18.2 Å². The van der Waals surface area contributed by atoms with Gasteiger partial charge in [-0.2, -0.15) is 23.3 Å². The molecule has 0 saturated carbocycles. The zero-order valence-electron chi connectivity index (χ0n) is 27.7. The number of piperidine rings is 1. The van der Waals surface area contributed by atoms with Gasteiger partial charge in [-0.15, -0.1) is 0 Å². The summed E-state index contributed by atoms with van der Waals surface area (Å²) < 4.78 is 77.8. The molecule has 2 N–H and O–H groups in total. The van der Waals surface area contributed by atoms with E-state index in [0.29, 0.717) is 31.6 Å². The third-order valence-corrected chi connectivity index (χ3v) is 9.89. The molecule has 276 valence electrons. The van der Waals surface area contributed by atoms with Crippen molar-refractivity contribution in [3.05, 3.63) is 94.5 Å². The molecule has 2 aromatic carbocycles. The monoisotopic (exact) mass is 762 g/mol. The number of halogens is 4. The van der Waals surface area contributed by atoms with E-state index in [1.807, 2.05) is 6.07 Å². The van der Waals surface area contributed by atoms with Crippen LogP contribution >= 0.6 is 11.6 Å². The second-order valence-corrected chi connectivity index (χ2v) is 14.2. The molecule has 6 rings (SSSR count). The number of ether oxygens (including phenoxy) is 2. The van der Waals surface area contributed by atoms with E-state index in [9.17, 15) is 36.6 Å². The van der Waals surface area contributed by atoms with Crippen molar-refractivity contribution in [2.24, 2.45) is 5.41 Å². The van der Waals surface area contributed by atoms with E-state index in [2.05, 4.69) is 15.1 Å². The highest BCUT2D eigenvalue weighted by atomic mass is 35.5. The molecular formula is C34H34ClF3N6O7S. The standard InChI is InChI=1S/C34H34ClF3N6O7S/c1-21-9-12-44(41-21)25-15-23(35)7-8-24(25)30(34(36,37)38)51-29-16-28(39-27(40-29)19-52(48)49)42-13-10-33(11-14-42)17-26(31(45)46)43(20-33)32(47)50-18-22-5-3-2-4-6-22/h2-9,12,15-16,26,30H,10-11,13-14,17-20H2,1H3,(H,45,46)(H,48,49)/t26?,30-/m1/s1. The third kappa shape index (κ3) is 8.48. The molecule has 4 heterocycles. The number of rotatable bonds is 10. The lowest BCUT2D eigenvalue weighted by Crippen LogP contribution is -2.43. The molecule has 52 heavy (non-hydrogen) atoms. The molecule has 2 aliphatic heterocycles. The Morgan fingerprint density at radius 2 is 1.83 bits per heavy atom. The van der Waals surface area contributed by atoms with Gasteiger partial charge in [0.15, 0.2) is 11.1 Å². The Morgan fingerprint density at radius 1 is 1.10 bits per heavy atom. The lowest BCUT2D eigenvalue weighted by atomic mass is 9.76. The van der Waals surface area contributed by atoms with E-state index in [1.54, 1.807) is 42.2 Å². The average Bonchev–Trinajstić information content (AvgIpc) is 3.70. The zero-order chi connectivity index (χ0) is 37.2. The van der Waals surface area contributed by atoms with Crippen LogP contribution in [-0.2, 0) is 33.0 Å². The minimum Gasteiger partial charge on any atom is -0.480 e. The van der Waals surface area contributed by atoms with E-state index >= 15 is 0 Å². The number of alkyl halides is 3. The lowest BCUT2D eigenvalue weighted by Gasteiger charge is -2.39. The van der Waals surface area contributed by atoms with Crippen LogP contribution in [0.15, 0.2) is 66.9 Å². The van der Waals surface area contributed by atoms with Crippen LogP contribution in [0.2, 0.25) is 5.02 Å². The van der Waals surface area contributed by atoms with E-state index in [0.717, 1.165) is 5.56 Å². The molecule has 4 aromatic rings. The van der Waals surface area contributed by atoms with Crippen molar-refractivity contribution in [1.82, 2.24) is 24.6 Å². The summed E-state index contributed by atoms with van der Waals surface area (Å²) in [5.74, 6) is -2.26. The van der Waals surface area contributed by atoms with E-state index in [4.69, 9.17) is 21.1 Å². The fraction of sp³-hybridized carbons (Fsp3) is 0.382. The average molecular weight is 763 g/mol. The molecule has 2 fully saturated rings. The van der Waals surface area contributed by atoms with Crippen LogP contribution in [0.4, 0.5) is 23.8 Å². The summed E-state index contributed by atoms with van der Waals surface area (Å²) in [7, 11) is 0. The lowest BCUT2D eigenvalue weighted by molar-refractivity contribution is -0.198. The number of carboxylic acid groups (broad SMARTS) is 1. The molecule has 2 unspecified atom stereocenters. The van der Waals surface area contributed by atoms with Crippen LogP contribution < -0.4 is 9.64 Å². The number of benzene rings is 2. The molecule has 1 spiro atoms. The van der Waals surface area contributed by atoms with E-state index in [1.165, 1.54) is 40.0 Å².